The quantitative estimate of drug-likeness (QED) is 0.546. The first-order chi connectivity index (χ1) is 17.6. The van der Waals surface area contributed by atoms with E-state index in [4.69, 9.17) is 0 Å². The maximum Gasteiger partial charge on any atom is 0.243 e. The maximum absolute atomic E-state index is 13.1. The molecule has 1 aromatic carbocycles. The number of hydrogen-bond acceptors (Lipinski definition) is 5. The highest BCUT2D eigenvalue weighted by Gasteiger charge is 2.36. The van der Waals surface area contributed by atoms with E-state index in [0.717, 1.165) is 47.5 Å². The van der Waals surface area contributed by atoms with Crippen LogP contribution in [0.3, 0.4) is 0 Å². The van der Waals surface area contributed by atoms with Gasteiger partial charge in [-0.05, 0) is 66.2 Å². The van der Waals surface area contributed by atoms with Crippen LogP contribution in [-0.4, -0.2) is 36.3 Å². The number of nitrogens with zero attached hydrogens (tertiary/aromatic N) is 2. The molecule has 0 saturated heterocycles. The van der Waals surface area contributed by atoms with Crippen molar-refractivity contribution in [2.24, 2.45) is 0 Å². The Morgan fingerprint density at radius 2 is 2.00 bits per heavy atom. The van der Waals surface area contributed by atoms with Crippen LogP contribution in [0.15, 0.2) is 71.6 Å². The van der Waals surface area contributed by atoms with Gasteiger partial charge in [0.2, 0.25) is 18.2 Å². The van der Waals surface area contributed by atoms with Crippen molar-refractivity contribution in [1.29, 1.82) is 0 Å². The largest absolute Gasteiger partial charge is 0.361 e. The highest BCUT2D eigenvalue weighted by atomic mass is 16.2. The zero-order valence-corrected chi connectivity index (χ0v) is 19.8. The molecule has 182 valence electrons. The van der Waals surface area contributed by atoms with Crippen molar-refractivity contribution in [3.05, 3.63) is 82.7 Å². The van der Waals surface area contributed by atoms with Crippen molar-refractivity contribution >= 4 is 35.4 Å². The van der Waals surface area contributed by atoms with E-state index in [1.807, 2.05) is 36.4 Å². The molecular weight excluding hydrogens is 454 g/mol. The maximum atomic E-state index is 13.1. The van der Waals surface area contributed by atoms with E-state index in [1.54, 1.807) is 6.20 Å². The predicted molar refractivity (Wildman–Crippen MR) is 138 cm³/mol. The molecule has 36 heavy (non-hydrogen) atoms. The van der Waals surface area contributed by atoms with Gasteiger partial charge in [0.1, 0.15) is 5.82 Å². The first-order valence-corrected chi connectivity index (χ1v) is 12.3. The lowest BCUT2D eigenvalue weighted by Gasteiger charge is -2.20. The Morgan fingerprint density at radius 3 is 2.89 bits per heavy atom. The molecule has 2 aliphatic carbocycles. The summed E-state index contributed by atoms with van der Waals surface area (Å²) < 4.78 is 0. The second-order valence-corrected chi connectivity index (χ2v) is 9.72. The molecule has 1 fully saturated rings. The van der Waals surface area contributed by atoms with E-state index < -0.39 is 0 Å². The fourth-order valence-corrected chi connectivity index (χ4v) is 5.97. The molecule has 2 atom stereocenters. The fourth-order valence-electron chi connectivity index (χ4n) is 5.97. The molecule has 2 aliphatic heterocycles. The third-order valence-electron chi connectivity index (χ3n) is 7.45. The van der Waals surface area contributed by atoms with Crippen molar-refractivity contribution in [3.8, 4) is 0 Å². The van der Waals surface area contributed by atoms with Crippen LogP contribution < -0.4 is 20.9 Å². The highest BCUT2D eigenvalue weighted by Crippen LogP contribution is 2.46. The zero-order chi connectivity index (χ0) is 24.6. The summed E-state index contributed by atoms with van der Waals surface area (Å²) >= 11 is 0. The average Bonchev–Trinajstić information content (AvgIpc) is 3.35. The Labute approximate surface area is 209 Å². The zero-order valence-electron chi connectivity index (χ0n) is 19.8. The van der Waals surface area contributed by atoms with Gasteiger partial charge in [-0.15, -0.1) is 0 Å². The number of amides is 3. The number of carbonyl (C=O) groups excluding carboxylic acids is 3. The number of nitrogens with one attached hydrogen (secondary N) is 3. The Kier molecular flexibility index (Phi) is 5.64. The summed E-state index contributed by atoms with van der Waals surface area (Å²) in [6, 6.07) is 9.79. The van der Waals surface area contributed by atoms with Gasteiger partial charge in [0, 0.05) is 47.7 Å². The topological polar surface area (TPSA) is 103 Å². The number of carbonyl (C=O) groups is 3. The van der Waals surface area contributed by atoms with Gasteiger partial charge >= 0.3 is 0 Å². The van der Waals surface area contributed by atoms with Gasteiger partial charge in [-0.1, -0.05) is 24.3 Å². The smallest absolute Gasteiger partial charge is 0.243 e. The summed E-state index contributed by atoms with van der Waals surface area (Å²) in [5.74, 6) is 0.922. The highest BCUT2D eigenvalue weighted by molar-refractivity contribution is 5.98. The van der Waals surface area contributed by atoms with Crippen LogP contribution in [0.2, 0.25) is 0 Å². The molecule has 6 rings (SSSR count). The van der Waals surface area contributed by atoms with E-state index in [9.17, 15) is 14.4 Å². The Hall–Kier alpha value is -4.20. The van der Waals surface area contributed by atoms with Crippen LogP contribution in [0.5, 0.6) is 0 Å². The standard InChI is InChI=1S/C28H27N5O3/c34-16-30-28-22(6-3-9-29-28)19-10-17-4-1-5-21(12-18(17)11-19)31-26(36)15-33-14-20-13-25(35)32-23-7-2-8-24(33)27(20)23/h2-9,12,16,19-20H,1,10-11,13-15H2,(H,31,36)(H,32,35)(H,29,30,34). The lowest BCUT2D eigenvalue weighted by atomic mass is 9.92. The number of benzene rings is 1. The van der Waals surface area contributed by atoms with Gasteiger partial charge in [0.15, 0.2) is 0 Å². The van der Waals surface area contributed by atoms with Crippen molar-refractivity contribution in [2.45, 2.75) is 37.5 Å². The summed E-state index contributed by atoms with van der Waals surface area (Å²) in [5, 5.41) is 8.77. The van der Waals surface area contributed by atoms with E-state index in [2.05, 4.69) is 38.0 Å². The van der Waals surface area contributed by atoms with Crippen LogP contribution in [0.25, 0.3) is 0 Å². The molecule has 4 aliphatic rings. The summed E-state index contributed by atoms with van der Waals surface area (Å²) in [4.78, 5) is 42.5. The van der Waals surface area contributed by atoms with Gasteiger partial charge in [0.05, 0.1) is 6.54 Å². The molecule has 8 heteroatoms. The summed E-state index contributed by atoms with van der Waals surface area (Å²) in [5.41, 5.74) is 7.36. The number of hydrogen-bond donors (Lipinski definition) is 3. The fraction of sp³-hybridized carbons (Fsp3) is 0.286. The molecule has 3 amide bonds. The SMILES string of the molecule is O=CNc1ncccc1C1CC2=CCC=C(NC(=O)CN3CC4CC(=O)Nc5cccc3c54)C=C2C1. The number of anilines is 3. The molecular formula is C28H27N5O3. The van der Waals surface area contributed by atoms with Crippen LogP contribution in [0.4, 0.5) is 17.2 Å². The molecule has 0 bridgehead atoms. The predicted octanol–water partition coefficient (Wildman–Crippen LogP) is 3.73. The number of pyridine rings is 1. The second kappa shape index (κ2) is 9.11. The van der Waals surface area contributed by atoms with Crippen LogP contribution in [0, 0.1) is 0 Å². The molecule has 1 saturated carbocycles. The summed E-state index contributed by atoms with van der Waals surface area (Å²) in [6.07, 6.45) is 11.6. The summed E-state index contributed by atoms with van der Waals surface area (Å²) in [7, 11) is 0. The third kappa shape index (κ3) is 4.08. The molecule has 3 N–H and O–H groups in total. The van der Waals surface area contributed by atoms with Gasteiger partial charge in [0.25, 0.3) is 0 Å². The molecule has 0 radical (unpaired) electrons. The lowest BCUT2D eigenvalue weighted by Crippen LogP contribution is -2.36. The minimum atomic E-state index is -0.0728. The lowest BCUT2D eigenvalue weighted by molar-refractivity contribution is -0.119. The minimum absolute atomic E-state index is 0.0321. The second-order valence-electron chi connectivity index (χ2n) is 9.72. The average molecular weight is 482 g/mol. The number of allylic oxidation sites excluding steroid dienone is 5. The third-order valence-corrected chi connectivity index (χ3v) is 7.45. The van der Waals surface area contributed by atoms with Gasteiger partial charge in [-0.25, -0.2) is 4.98 Å². The number of fused-ring (bicyclic) bond motifs is 1. The van der Waals surface area contributed by atoms with Gasteiger partial charge in [-0.3, -0.25) is 14.4 Å². The molecule has 2 unspecified atom stereocenters. The van der Waals surface area contributed by atoms with E-state index in [0.29, 0.717) is 25.2 Å². The Bertz CT molecular complexity index is 1360. The van der Waals surface area contributed by atoms with E-state index >= 15 is 0 Å². The van der Waals surface area contributed by atoms with Gasteiger partial charge < -0.3 is 20.9 Å². The normalized spacial score (nSPS) is 21.8. The van der Waals surface area contributed by atoms with Crippen LogP contribution in [0.1, 0.15) is 48.6 Å². The van der Waals surface area contributed by atoms with E-state index in [1.165, 1.54) is 11.1 Å². The van der Waals surface area contributed by atoms with Crippen molar-refractivity contribution in [2.75, 3.05) is 28.6 Å². The summed E-state index contributed by atoms with van der Waals surface area (Å²) in [6.45, 7) is 0.907. The molecule has 0 spiro atoms. The first-order valence-electron chi connectivity index (χ1n) is 12.3. The Morgan fingerprint density at radius 1 is 1.11 bits per heavy atom. The Balaban J connectivity index is 1.14. The molecule has 8 nitrogen and oxygen atoms in total. The van der Waals surface area contributed by atoms with Crippen molar-refractivity contribution in [3.63, 3.8) is 0 Å². The monoisotopic (exact) mass is 481 g/mol. The van der Waals surface area contributed by atoms with E-state index in [-0.39, 0.29) is 30.2 Å². The minimum Gasteiger partial charge on any atom is -0.361 e. The van der Waals surface area contributed by atoms with Crippen molar-refractivity contribution < 1.29 is 14.4 Å². The number of aromatic nitrogens is 1. The molecule has 2 aromatic rings. The first kappa shape index (κ1) is 22.3. The van der Waals surface area contributed by atoms with Crippen LogP contribution >= 0.6 is 0 Å². The van der Waals surface area contributed by atoms with Crippen molar-refractivity contribution in [1.82, 2.24) is 10.3 Å². The molecule has 3 heterocycles. The van der Waals surface area contributed by atoms with Crippen LogP contribution in [-0.2, 0) is 14.4 Å². The molecule has 1 aromatic heterocycles. The van der Waals surface area contributed by atoms with Gasteiger partial charge in [-0.2, -0.15) is 0 Å². The number of rotatable bonds is 6.